The van der Waals surface area contributed by atoms with Crippen LogP contribution in [0.4, 0.5) is 19.3 Å². The van der Waals surface area contributed by atoms with Crippen molar-refractivity contribution in [2.45, 2.75) is 4.90 Å². The molecule has 0 aliphatic carbocycles. The van der Waals surface area contributed by atoms with Crippen LogP contribution in [0, 0.1) is 11.6 Å². The Balaban J connectivity index is 1.74. The molecule has 2 amide bonds. The standard InChI is InChI=1S/C15H14F2N2OS/c16-12-7-4-8-13(14(12)17)19-15(20)18-9-10-21-11-5-2-1-3-6-11/h1-8H,9-10H2,(H2,18,19,20). The fourth-order valence-corrected chi connectivity index (χ4v) is 2.41. The molecule has 0 aromatic heterocycles. The monoisotopic (exact) mass is 308 g/mol. The van der Waals surface area contributed by atoms with Crippen LogP contribution in [0.2, 0.25) is 0 Å². The molecule has 2 rings (SSSR count). The van der Waals surface area contributed by atoms with Crippen molar-refractivity contribution >= 4 is 23.5 Å². The molecule has 0 radical (unpaired) electrons. The topological polar surface area (TPSA) is 41.1 Å². The molecule has 0 saturated carbocycles. The van der Waals surface area contributed by atoms with E-state index in [2.05, 4.69) is 10.6 Å². The van der Waals surface area contributed by atoms with E-state index in [0.717, 1.165) is 11.0 Å². The number of nitrogens with one attached hydrogen (secondary N) is 2. The average molecular weight is 308 g/mol. The van der Waals surface area contributed by atoms with E-state index in [1.54, 1.807) is 11.8 Å². The quantitative estimate of drug-likeness (QED) is 0.650. The molecular formula is C15H14F2N2OS. The van der Waals surface area contributed by atoms with Crippen molar-refractivity contribution in [3.05, 3.63) is 60.2 Å². The van der Waals surface area contributed by atoms with Crippen molar-refractivity contribution in [2.24, 2.45) is 0 Å². The van der Waals surface area contributed by atoms with Gasteiger partial charge in [-0.25, -0.2) is 13.6 Å². The zero-order valence-corrected chi connectivity index (χ0v) is 11.9. The number of hydrogen-bond donors (Lipinski definition) is 2. The lowest BCUT2D eigenvalue weighted by atomic mass is 10.3. The summed E-state index contributed by atoms with van der Waals surface area (Å²) in [5.74, 6) is -1.37. The summed E-state index contributed by atoms with van der Waals surface area (Å²) in [6.07, 6.45) is 0. The van der Waals surface area contributed by atoms with E-state index < -0.39 is 17.7 Å². The number of rotatable bonds is 5. The summed E-state index contributed by atoms with van der Waals surface area (Å²) in [6, 6.07) is 12.8. The summed E-state index contributed by atoms with van der Waals surface area (Å²) in [4.78, 5) is 12.7. The molecule has 6 heteroatoms. The van der Waals surface area contributed by atoms with E-state index in [1.807, 2.05) is 30.3 Å². The van der Waals surface area contributed by atoms with Gasteiger partial charge in [-0.2, -0.15) is 0 Å². The molecule has 3 nitrogen and oxygen atoms in total. The zero-order chi connectivity index (χ0) is 15.1. The van der Waals surface area contributed by atoms with Gasteiger partial charge in [-0.1, -0.05) is 24.3 Å². The maximum atomic E-state index is 13.4. The summed E-state index contributed by atoms with van der Waals surface area (Å²) in [6.45, 7) is 0.419. The molecule has 0 heterocycles. The minimum atomic E-state index is -1.06. The molecule has 21 heavy (non-hydrogen) atoms. The molecule has 2 aromatic rings. The van der Waals surface area contributed by atoms with E-state index in [-0.39, 0.29) is 5.69 Å². The van der Waals surface area contributed by atoms with E-state index >= 15 is 0 Å². The number of anilines is 1. The SMILES string of the molecule is O=C(NCCSc1ccccc1)Nc1cccc(F)c1F. The highest BCUT2D eigenvalue weighted by Crippen LogP contribution is 2.17. The first kappa shape index (κ1) is 15.3. The van der Waals surface area contributed by atoms with E-state index in [1.165, 1.54) is 12.1 Å². The average Bonchev–Trinajstić information content (AvgIpc) is 2.49. The Bertz CT molecular complexity index is 608. The van der Waals surface area contributed by atoms with E-state index in [0.29, 0.717) is 12.3 Å². The third-order valence-electron chi connectivity index (χ3n) is 2.60. The van der Waals surface area contributed by atoms with Crippen LogP contribution in [0.1, 0.15) is 0 Å². The normalized spacial score (nSPS) is 10.2. The summed E-state index contributed by atoms with van der Waals surface area (Å²) < 4.78 is 26.3. The van der Waals surface area contributed by atoms with Crippen LogP contribution in [0.15, 0.2) is 53.4 Å². The third-order valence-corrected chi connectivity index (χ3v) is 3.61. The number of halogens is 2. The summed E-state index contributed by atoms with van der Waals surface area (Å²) in [5, 5.41) is 4.86. The molecule has 0 aliphatic heterocycles. The lowest BCUT2D eigenvalue weighted by molar-refractivity contribution is 0.252. The third kappa shape index (κ3) is 4.75. The smallest absolute Gasteiger partial charge is 0.319 e. The maximum Gasteiger partial charge on any atom is 0.319 e. The Hall–Kier alpha value is -2.08. The van der Waals surface area contributed by atoms with Gasteiger partial charge in [-0.05, 0) is 24.3 Å². The van der Waals surface area contributed by atoms with Crippen LogP contribution in [-0.2, 0) is 0 Å². The van der Waals surface area contributed by atoms with Gasteiger partial charge in [0.25, 0.3) is 0 Å². The van der Waals surface area contributed by atoms with Gasteiger partial charge in [0.1, 0.15) is 0 Å². The molecule has 0 saturated heterocycles. The van der Waals surface area contributed by atoms with Crippen molar-refractivity contribution in [1.29, 1.82) is 0 Å². The van der Waals surface area contributed by atoms with Crippen LogP contribution in [-0.4, -0.2) is 18.3 Å². The van der Waals surface area contributed by atoms with Crippen LogP contribution < -0.4 is 10.6 Å². The van der Waals surface area contributed by atoms with Gasteiger partial charge in [0, 0.05) is 17.2 Å². The number of urea groups is 1. The second kappa shape index (κ2) is 7.64. The first-order valence-electron chi connectivity index (χ1n) is 6.33. The lowest BCUT2D eigenvalue weighted by Crippen LogP contribution is -2.30. The Morgan fingerprint density at radius 2 is 1.81 bits per heavy atom. The first-order chi connectivity index (χ1) is 10.2. The number of thioether (sulfide) groups is 1. The highest BCUT2D eigenvalue weighted by molar-refractivity contribution is 7.99. The highest BCUT2D eigenvalue weighted by Gasteiger charge is 2.09. The largest absolute Gasteiger partial charge is 0.337 e. The summed E-state index contributed by atoms with van der Waals surface area (Å²) in [7, 11) is 0. The van der Waals surface area contributed by atoms with Crippen LogP contribution in [0.5, 0.6) is 0 Å². The van der Waals surface area contributed by atoms with E-state index in [9.17, 15) is 13.6 Å². The lowest BCUT2D eigenvalue weighted by Gasteiger charge is -2.08. The Labute approximate surface area is 125 Å². The molecule has 0 spiro atoms. The van der Waals surface area contributed by atoms with Crippen molar-refractivity contribution in [1.82, 2.24) is 5.32 Å². The van der Waals surface area contributed by atoms with Gasteiger partial charge in [-0.3, -0.25) is 0 Å². The van der Waals surface area contributed by atoms with Gasteiger partial charge in [-0.15, -0.1) is 11.8 Å². The van der Waals surface area contributed by atoms with Gasteiger partial charge < -0.3 is 10.6 Å². The molecule has 0 fully saturated rings. The minimum absolute atomic E-state index is 0.178. The molecule has 110 valence electrons. The van der Waals surface area contributed by atoms with Crippen molar-refractivity contribution in [2.75, 3.05) is 17.6 Å². The Morgan fingerprint density at radius 3 is 2.57 bits per heavy atom. The van der Waals surface area contributed by atoms with Gasteiger partial charge in [0.05, 0.1) is 5.69 Å². The van der Waals surface area contributed by atoms with Gasteiger partial charge in [0.2, 0.25) is 0 Å². The Kier molecular flexibility index (Phi) is 5.57. The maximum absolute atomic E-state index is 13.4. The summed E-state index contributed by atoms with van der Waals surface area (Å²) >= 11 is 1.60. The second-order valence-corrected chi connectivity index (χ2v) is 5.31. The Morgan fingerprint density at radius 1 is 1.05 bits per heavy atom. The molecule has 0 atom stereocenters. The first-order valence-corrected chi connectivity index (χ1v) is 7.32. The van der Waals surface area contributed by atoms with Gasteiger partial charge >= 0.3 is 6.03 Å². The van der Waals surface area contributed by atoms with Crippen LogP contribution >= 0.6 is 11.8 Å². The molecule has 0 bridgehead atoms. The molecular weight excluding hydrogens is 294 g/mol. The number of benzene rings is 2. The molecule has 0 unspecified atom stereocenters. The molecule has 2 N–H and O–H groups in total. The predicted octanol–water partition coefficient (Wildman–Crippen LogP) is 3.88. The summed E-state index contributed by atoms with van der Waals surface area (Å²) in [5.41, 5.74) is -0.178. The second-order valence-electron chi connectivity index (χ2n) is 4.14. The fraction of sp³-hybridized carbons (Fsp3) is 0.133. The number of amides is 2. The van der Waals surface area contributed by atoms with Crippen molar-refractivity contribution in [3.63, 3.8) is 0 Å². The number of carbonyl (C=O) groups is 1. The van der Waals surface area contributed by atoms with Crippen LogP contribution in [0.25, 0.3) is 0 Å². The van der Waals surface area contributed by atoms with Crippen LogP contribution in [0.3, 0.4) is 0 Å². The highest BCUT2D eigenvalue weighted by atomic mass is 32.2. The molecule has 2 aromatic carbocycles. The minimum Gasteiger partial charge on any atom is -0.337 e. The molecule has 0 aliphatic rings. The number of hydrogen-bond acceptors (Lipinski definition) is 2. The van der Waals surface area contributed by atoms with Crippen molar-refractivity contribution in [3.8, 4) is 0 Å². The fourth-order valence-electron chi connectivity index (χ4n) is 1.62. The zero-order valence-electron chi connectivity index (χ0n) is 11.1. The number of carbonyl (C=O) groups excluding carboxylic acids is 1. The van der Waals surface area contributed by atoms with Crippen molar-refractivity contribution < 1.29 is 13.6 Å². The predicted molar refractivity (Wildman–Crippen MR) is 80.5 cm³/mol. The van der Waals surface area contributed by atoms with E-state index in [4.69, 9.17) is 0 Å². The van der Waals surface area contributed by atoms with Gasteiger partial charge in [0.15, 0.2) is 11.6 Å².